The highest BCUT2D eigenvalue weighted by atomic mass is 19.1. The van der Waals surface area contributed by atoms with Gasteiger partial charge in [-0.1, -0.05) is 26.8 Å². The van der Waals surface area contributed by atoms with Crippen molar-refractivity contribution < 1.29 is 13.6 Å². The van der Waals surface area contributed by atoms with Crippen LogP contribution >= 0.6 is 0 Å². The lowest BCUT2D eigenvalue weighted by Gasteiger charge is -2.14. The van der Waals surface area contributed by atoms with Crippen LogP contribution in [-0.4, -0.2) is 15.8 Å². The van der Waals surface area contributed by atoms with E-state index in [2.05, 4.69) is 21.8 Å². The molecule has 0 aliphatic rings. The molecule has 8 heteroatoms. The molecule has 2 aromatic carbocycles. The van der Waals surface area contributed by atoms with Crippen LogP contribution in [0, 0.1) is 23.0 Å². The van der Waals surface area contributed by atoms with E-state index in [4.69, 9.17) is 5.26 Å². The van der Waals surface area contributed by atoms with Crippen molar-refractivity contribution >= 4 is 17.5 Å². The molecule has 0 aliphatic carbocycles. The fourth-order valence-electron chi connectivity index (χ4n) is 2.65. The molecule has 0 aliphatic heterocycles. The molecule has 6 nitrogen and oxygen atoms in total. The maximum atomic E-state index is 13.3. The van der Waals surface area contributed by atoms with Gasteiger partial charge in [0.25, 0.3) is 0 Å². The van der Waals surface area contributed by atoms with Crippen LogP contribution in [0.5, 0.6) is 0 Å². The van der Waals surface area contributed by atoms with Gasteiger partial charge in [0.2, 0.25) is 0 Å². The Morgan fingerprint density at radius 2 is 1.76 bits per heavy atom. The highest BCUT2D eigenvalue weighted by molar-refractivity contribution is 5.99. The minimum absolute atomic E-state index is 0.0198. The van der Waals surface area contributed by atoms with Crippen molar-refractivity contribution in [2.75, 3.05) is 10.6 Å². The molecule has 0 unspecified atom stereocenters. The zero-order valence-corrected chi connectivity index (χ0v) is 16.1. The van der Waals surface area contributed by atoms with Gasteiger partial charge < -0.3 is 5.32 Å². The maximum Gasteiger partial charge on any atom is 0.324 e. The molecule has 3 aromatic rings. The van der Waals surface area contributed by atoms with Gasteiger partial charge in [0.15, 0.2) is 0 Å². The van der Waals surface area contributed by atoms with Gasteiger partial charge in [-0.25, -0.2) is 18.3 Å². The molecular weight excluding hydrogens is 376 g/mol. The van der Waals surface area contributed by atoms with E-state index >= 15 is 0 Å². The Balaban J connectivity index is 1.94. The predicted octanol–water partition coefficient (Wildman–Crippen LogP) is 4.96. The first-order valence-corrected chi connectivity index (χ1v) is 8.81. The van der Waals surface area contributed by atoms with E-state index in [1.165, 1.54) is 4.68 Å². The lowest BCUT2D eigenvalue weighted by Crippen LogP contribution is -2.21. The molecule has 2 amide bonds. The number of rotatable bonds is 3. The third-order valence-corrected chi connectivity index (χ3v) is 4.06. The van der Waals surface area contributed by atoms with Crippen LogP contribution in [0.15, 0.2) is 48.5 Å². The van der Waals surface area contributed by atoms with Crippen molar-refractivity contribution in [2.24, 2.45) is 0 Å². The summed E-state index contributed by atoms with van der Waals surface area (Å²) < 4.78 is 28.2. The molecule has 1 aromatic heterocycles. The minimum atomic E-state index is -0.798. The van der Waals surface area contributed by atoms with Crippen molar-refractivity contribution in [3.63, 3.8) is 0 Å². The second-order valence-electron chi connectivity index (χ2n) is 7.48. The van der Waals surface area contributed by atoms with Gasteiger partial charge in [-0.3, -0.25) is 5.32 Å². The lowest BCUT2D eigenvalue weighted by atomic mass is 9.92. The molecule has 1 heterocycles. The SMILES string of the molecule is CC(C)(C)c1cc(NC(=O)Nc2cc(F)cc(F)c2)n(-c2cccc(C#N)c2)n1. The smallest absolute Gasteiger partial charge is 0.307 e. The first-order chi connectivity index (χ1) is 13.7. The lowest BCUT2D eigenvalue weighted by molar-refractivity contribution is 0.262. The Labute approximate surface area is 166 Å². The summed E-state index contributed by atoms with van der Waals surface area (Å²) in [6.07, 6.45) is 0. The highest BCUT2D eigenvalue weighted by Gasteiger charge is 2.21. The molecule has 0 spiro atoms. The minimum Gasteiger partial charge on any atom is -0.307 e. The fourth-order valence-corrected chi connectivity index (χ4v) is 2.65. The number of nitrogens with zero attached hydrogens (tertiary/aromatic N) is 3. The quantitative estimate of drug-likeness (QED) is 0.657. The zero-order chi connectivity index (χ0) is 21.2. The van der Waals surface area contributed by atoms with Gasteiger partial charge in [-0.2, -0.15) is 10.4 Å². The summed E-state index contributed by atoms with van der Waals surface area (Å²) in [5.74, 6) is -1.25. The second kappa shape index (κ2) is 7.72. The van der Waals surface area contributed by atoms with Crippen LogP contribution in [0.1, 0.15) is 32.0 Å². The average molecular weight is 395 g/mol. The number of amides is 2. The number of carbonyl (C=O) groups excluding carboxylic acids is 1. The summed E-state index contributed by atoms with van der Waals surface area (Å²) >= 11 is 0. The topological polar surface area (TPSA) is 82.7 Å². The fraction of sp³-hybridized carbons (Fsp3) is 0.190. The molecule has 0 saturated heterocycles. The number of urea groups is 1. The van der Waals surface area contributed by atoms with Gasteiger partial charge in [0.05, 0.1) is 23.0 Å². The number of hydrogen-bond acceptors (Lipinski definition) is 3. The molecule has 0 fully saturated rings. The number of nitrogens with one attached hydrogen (secondary N) is 2. The van der Waals surface area contributed by atoms with Crippen LogP contribution in [-0.2, 0) is 5.41 Å². The summed E-state index contributed by atoms with van der Waals surface area (Å²) in [5.41, 5.74) is 1.43. The number of benzene rings is 2. The van der Waals surface area contributed by atoms with Gasteiger partial charge in [0, 0.05) is 23.2 Å². The van der Waals surface area contributed by atoms with E-state index < -0.39 is 17.7 Å². The summed E-state index contributed by atoms with van der Waals surface area (Å²) in [6, 6.07) is 12.6. The Morgan fingerprint density at radius 1 is 1.07 bits per heavy atom. The number of aromatic nitrogens is 2. The second-order valence-corrected chi connectivity index (χ2v) is 7.48. The van der Waals surface area contributed by atoms with E-state index in [9.17, 15) is 13.6 Å². The predicted molar refractivity (Wildman–Crippen MR) is 106 cm³/mol. The van der Waals surface area contributed by atoms with Gasteiger partial charge in [-0.05, 0) is 30.3 Å². The van der Waals surface area contributed by atoms with Crippen molar-refractivity contribution in [2.45, 2.75) is 26.2 Å². The average Bonchev–Trinajstić information content (AvgIpc) is 3.05. The first-order valence-electron chi connectivity index (χ1n) is 8.81. The molecule has 0 radical (unpaired) electrons. The third-order valence-electron chi connectivity index (χ3n) is 4.06. The van der Waals surface area contributed by atoms with E-state index in [-0.39, 0.29) is 11.1 Å². The molecule has 0 atom stereocenters. The van der Waals surface area contributed by atoms with Gasteiger partial charge in [0.1, 0.15) is 17.5 Å². The normalized spacial score (nSPS) is 11.0. The van der Waals surface area contributed by atoms with E-state index in [1.807, 2.05) is 20.8 Å². The highest BCUT2D eigenvalue weighted by Crippen LogP contribution is 2.27. The molecule has 2 N–H and O–H groups in total. The van der Waals surface area contributed by atoms with Gasteiger partial charge >= 0.3 is 6.03 Å². The summed E-state index contributed by atoms with van der Waals surface area (Å²) in [5, 5.41) is 18.8. The summed E-state index contributed by atoms with van der Waals surface area (Å²) in [4.78, 5) is 12.4. The van der Waals surface area contributed by atoms with Crippen LogP contribution < -0.4 is 10.6 Å². The van der Waals surface area contributed by atoms with Crippen molar-refractivity contribution in [3.8, 4) is 11.8 Å². The molecular formula is C21H19F2N5O. The van der Waals surface area contributed by atoms with Gasteiger partial charge in [-0.15, -0.1) is 0 Å². The molecule has 0 saturated carbocycles. The third kappa shape index (κ3) is 4.76. The van der Waals surface area contributed by atoms with E-state index in [0.29, 0.717) is 22.8 Å². The standard InChI is InChI=1S/C21H19F2N5O/c1-21(2,3)18-11-19(28(27-18)17-6-4-5-13(7-17)12-24)26-20(29)25-16-9-14(22)8-15(23)10-16/h4-11H,1-3H3,(H2,25,26,29). The summed E-state index contributed by atoms with van der Waals surface area (Å²) in [7, 11) is 0. The van der Waals surface area contributed by atoms with Crippen LogP contribution in [0.3, 0.4) is 0 Å². The van der Waals surface area contributed by atoms with Crippen LogP contribution in [0.4, 0.5) is 25.1 Å². The number of carbonyl (C=O) groups is 1. The number of nitriles is 1. The largest absolute Gasteiger partial charge is 0.324 e. The number of anilines is 2. The Kier molecular flexibility index (Phi) is 5.33. The van der Waals surface area contributed by atoms with Crippen LogP contribution in [0.2, 0.25) is 0 Å². The number of hydrogen-bond donors (Lipinski definition) is 2. The molecule has 29 heavy (non-hydrogen) atoms. The Hall–Kier alpha value is -3.73. The molecule has 3 rings (SSSR count). The molecule has 0 bridgehead atoms. The summed E-state index contributed by atoms with van der Waals surface area (Å²) in [6.45, 7) is 5.93. The van der Waals surface area contributed by atoms with Crippen molar-refractivity contribution in [1.29, 1.82) is 5.26 Å². The van der Waals surface area contributed by atoms with E-state index in [0.717, 1.165) is 18.2 Å². The molecule has 148 valence electrons. The van der Waals surface area contributed by atoms with Crippen molar-refractivity contribution in [3.05, 3.63) is 71.4 Å². The maximum absolute atomic E-state index is 13.3. The zero-order valence-electron chi connectivity index (χ0n) is 16.1. The Bertz CT molecular complexity index is 1090. The number of halogens is 2. The monoisotopic (exact) mass is 395 g/mol. The Morgan fingerprint density at radius 3 is 2.38 bits per heavy atom. The van der Waals surface area contributed by atoms with Crippen LogP contribution in [0.25, 0.3) is 5.69 Å². The van der Waals surface area contributed by atoms with Crippen molar-refractivity contribution in [1.82, 2.24) is 9.78 Å². The first kappa shape index (κ1) is 20.0. The van der Waals surface area contributed by atoms with E-state index in [1.54, 1.807) is 30.3 Å².